The van der Waals surface area contributed by atoms with Gasteiger partial charge in [-0.2, -0.15) is 0 Å². The molecule has 0 fully saturated rings. The summed E-state index contributed by atoms with van der Waals surface area (Å²) in [6, 6.07) is 70.9. The van der Waals surface area contributed by atoms with Crippen molar-refractivity contribution in [2.45, 2.75) is 5.92 Å². The molecule has 0 atom stereocenters. The van der Waals surface area contributed by atoms with Crippen LogP contribution in [-0.4, -0.2) is 0 Å². The Hall–Kier alpha value is -6.22. The number of benzene rings is 8. The van der Waals surface area contributed by atoms with Gasteiger partial charge in [-0.15, -0.1) is 11.3 Å². The zero-order valence-corrected chi connectivity index (χ0v) is 28.7. The van der Waals surface area contributed by atoms with E-state index < -0.39 is 0 Å². The third-order valence-corrected chi connectivity index (χ3v) is 11.6. The van der Waals surface area contributed by atoms with Crippen LogP contribution >= 0.6 is 11.3 Å². The van der Waals surface area contributed by atoms with Gasteiger partial charge in [0.2, 0.25) is 0 Å². The van der Waals surface area contributed by atoms with E-state index in [1.807, 2.05) is 11.3 Å². The molecule has 1 aromatic heterocycles. The van der Waals surface area contributed by atoms with Gasteiger partial charge in [0.05, 0.1) is 0 Å². The predicted molar refractivity (Wildman–Crippen MR) is 218 cm³/mol. The lowest BCUT2D eigenvalue weighted by Gasteiger charge is -2.26. The summed E-state index contributed by atoms with van der Waals surface area (Å²) in [6.45, 7) is 0. The zero-order valence-electron chi connectivity index (χ0n) is 27.9. The van der Waals surface area contributed by atoms with Crippen molar-refractivity contribution < 1.29 is 0 Å². The first-order valence-corrected chi connectivity index (χ1v) is 18.4. The monoisotopic (exact) mass is 667 g/mol. The molecule has 0 saturated heterocycles. The molecule has 2 heteroatoms. The van der Waals surface area contributed by atoms with Gasteiger partial charge in [-0.1, -0.05) is 152 Å². The third kappa shape index (κ3) is 5.07. The average molecular weight is 668 g/mol. The second-order valence-electron chi connectivity index (χ2n) is 13.3. The van der Waals surface area contributed by atoms with Gasteiger partial charge in [0.15, 0.2) is 0 Å². The van der Waals surface area contributed by atoms with Crippen molar-refractivity contribution in [3.05, 3.63) is 211 Å². The summed E-state index contributed by atoms with van der Waals surface area (Å²) in [6.07, 6.45) is 0. The molecule has 10 rings (SSSR count). The van der Waals surface area contributed by atoms with Crippen molar-refractivity contribution in [3.8, 4) is 33.4 Å². The number of nitrogens with zero attached hydrogens (tertiary/aromatic N) is 1. The molecule has 9 aromatic rings. The Balaban J connectivity index is 0.963. The molecule has 0 amide bonds. The van der Waals surface area contributed by atoms with Crippen molar-refractivity contribution in [3.63, 3.8) is 0 Å². The standard InChI is InChI=1S/C49H33NS/c1-2-11-37(12-3-1)50(39-31-27-35(28-32-39)40-18-10-19-46-43-15-8-9-20-47(43)51-49(40)46)38-29-25-34(26-30-38)33-21-23-36(24-22-33)48-44-16-6-4-13-41(44)42-14-5-7-17-45(42)48/h1-32,48H. The quantitative estimate of drug-likeness (QED) is 0.171. The molecule has 1 heterocycles. The van der Waals surface area contributed by atoms with Gasteiger partial charge in [-0.3, -0.25) is 0 Å². The van der Waals surface area contributed by atoms with Crippen LogP contribution in [0.25, 0.3) is 53.6 Å². The van der Waals surface area contributed by atoms with E-state index in [0.29, 0.717) is 0 Å². The Bertz CT molecular complexity index is 2620. The fourth-order valence-corrected chi connectivity index (χ4v) is 9.21. The van der Waals surface area contributed by atoms with Crippen LogP contribution in [0, 0.1) is 0 Å². The highest BCUT2D eigenvalue weighted by atomic mass is 32.1. The second-order valence-corrected chi connectivity index (χ2v) is 14.3. The van der Waals surface area contributed by atoms with Gasteiger partial charge in [0, 0.05) is 43.2 Å². The molecular formula is C49H33NS. The Morgan fingerprint density at radius 3 is 1.51 bits per heavy atom. The van der Waals surface area contributed by atoms with Crippen molar-refractivity contribution in [1.29, 1.82) is 0 Å². The minimum Gasteiger partial charge on any atom is -0.311 e. The maximum atomic E-state index is 2.34. The van der Waals surface area contributed by atoms with Crippen LogP contribution in [0.1, 0.15) is 22.6 Å². The molecule has 0 unspecified atom stereocenters. The van der Waals surface area contributed by atoms with Crippen LogP contribution in [0.3, 0.4) is 0 Å². The van der Waals surface area contributed by atoms with Crippen LogP contribution in [-0.2, 0) is 0 Å². The molecule has 0 aliphatic heterocycles. The summed E-state index contributed by atoms with van der Waals surface area (Å²) in [5, 5.41) is 2.66. The van der Waals surface area contributed by atoms with Crippen LogP contribution in [0.5, 0.6) is 0 Å². The summed E-state index contributed by atoms with van der Waals surface area (Å²) in [5.41, 5.74) is 15.1. The summed E-state index contributed by atoms with van der Waals surface area (Å²) < 4.78 is 2.67. The summed E-state index contributed by atoms with van der Waals surface area (Å²) in [5.74, 6) is 0.262. The first kappa shape index (κ1) is 29.7. The van der Waals surface area contributed by atoms with Crippen LogP contribution < -0.4 is 4.90 Å². The molecular weight excluding hydrogens is 635 g/mol. The van der Waals surface area contributed by atoms with Crippen LogP contribution in [0.4, 0.5) is 17.1 Å². The molecule has 240 valence electrons. The van der Waals surface area contributed by atoms with Gasteiger partial charge >= 0.3 is 0 Å². The molecule has 0 radical (unpaired) electrons. The maximum Gasteiger partial charge on any atom is 0.0462 e. The van der Waals surface area contributed by atoms with Crippen molar-refractivity contribution in [1.82, 2.24) is 0 Å². The molecule has 0 bridgehead atoms. The zero-order chi connectivity index (χ0) is 33.7. The number of rotatable bonds is 6. The van der Waals surface area contributed by atoms with Crippen LogP contribution in [0.2, 0.25) is 0 Å². The van der Waals surface area contributed by atoms with Crippen LogP contribution in [0.15, 0.2) is 194 Å². The van der Waals surface area contributed by atoms with E-state index >= 15 is 0 Å². The minimum atomic E-state index is 0.262. The van der Waals surface area contributed by atoms with E-state index in [2.05, 4.69) is 199 Å². The van der Waals surface area contributed by atoms with Crippen molar-refractivity contribution >= 4 is 48.6 Å². The molecule has 1 aliphatic carbocycles. The van der Waals surface area contributed by atoms with E-state index in [-0.39, 0.29) is 5.92 Å². The average Bonchev–Trinajstić information content (AvgIpc) is 3.75. The lowest BCUT2D eigenvalue weighted by molar-refractivity contribution is 1.02. The number of anilines is 3. The smallest absolute Gasteiger partial charge is 0.0462 e. The molecule has 8 aromatic carbocycles. The Morgan fingerprint density at radius 1 is 0.353 bits per heavy atom. The lowest BCUT2D eigenvalue weighted by Crippen LogP contribution is -2.09. The maximum absolute atomic E-state index is 2.34. The highest BCUT2D eigenvalue weighted by Gasteiger charge is 2.29. The Morgan fingerprint density at radius 2 is 0.843 bits per heavy atom. The summed E-state index contributed by atoms with van der Waals surface area (Å²) in [4.78, 5) is 2.34. The van der Waals surface area contributed by atoms with Gasteiger partial charge < -0.3 is 4.90 Å². The molecule has 0 N–H and O–H groups in total. The van der Waals surface area contributed by atoms with E-state index in [0.717, 1.165) is 17.1 Å². The Labute approximate surface area is 302 Å². The van der Waals surface area contributed by atoms with Gasteiger partial charge in [0.1, 0.15) is 0 Å². The van der Waals surface area contributed by atoms with E-state index in [4.69, 9.17) is 0 Å². The number of fused-ring (bicyclic) bond motifs is 6. The first-order chi connectivity index (χ1) is 25.3. The normalized spacial score (nSPS) is 12.2. The molecule has 51 heavy (non-hydrogen) atoms. The van der Waals surface area contributed by atoms with Gasteiger partial charge in [0.25, 0.3) is 0 Å². The highest BCUT2D eigenvalue weighted by Crippen LogP contribution is 2.48. The number of hydrogen-bond donors (Lipinski definition) is 0. The number of para-hydroxylation sites is 1. The van der Waals surface area contributed by atoms with E-state index in [1.165, 1.54) is 70.2 Å². The minimum absolute atomic E-state index is 0.262. The summed E-state index contributed by atoms with van der Waals surface area (Å²) >= 11 is 1.88. The SMILES string of the molecule is c1ccc(N(c2ccc(-c3ccc(C4c5ccccc5-c5ccccc54)cc3)cc2)c2ccc(-c3cccc4c3sc3ccccc34)cc2)cc1. The van der Waals surface area contributed by atoms with E-state index in [1.54, 1.807) is 0 Å². The fourth-order valence-electron chi connectivity index (χ4n) is 7.97. The van der Waals surface area contributed by atoms with Gasteiger partial charge in [-0.05, 0) is 92.5 Å². The van der Waals surface area contributed by atoms with Crippen molar-refractivity contribution in [2.24, 2.45) is 0 Å². The summed E-state index contributed by atoms with van der Waals surface area (Å²) in [7, 11) is 0. The largest absolute Gasteiger partial charge is 0.311 e. The molecule has 1 aliphatic rings. The van der Waals surface area contributed by atoms with Gasteiger partial charge in [-0.25, -0.2) is 0 Å². The fraction of sp³-hybridized carbons (Fsp3) is 0.0204. The molecule has 0 spiro atoms. The highest BCUT2D eigenvalue weighted by molar-refractivity contribution is 7.26. The Kier molecular flexibility index (Phi) is 7.14. The number of hydrogen-bond acceptors (Lipinski definition) is 2. The third-order valence-electron chi connectivity index (χ3n) is 10.4. The first-order valence-electron chi connectivity index (χ1n) is 17.5. The predicted octanol–water partition coefficient (Wildman–Crippen LogP) is 14.0. The topological polar surface area (TPSA) is 3.24 Å². The second kappa shape index (κ2) is 12.3. The number of thiophene rings is 1. The molecule has 0 saturated carbocycles. The van der Waals surface area contributed by atoms with E-state index in [9.17, 15) is 0 Å². The molecule has 1 nitrogen and oxygen atoms in total. The van der Waals surface area contributed by atoms with Crippen molar-refractivity contribution in [2.75, 3.05) is 4.90 Å². The lowest BCUT2D eigenvalue weighted by atomic mass is 9.88.